The SMILES string of the molecule is CCN(CCC(N)=S)C(=O)c1cccc(F)c1Br. The summed E-state index contributed by atoms with van der Waals surface area (Å²) >= 11 is 7.87. The summed E-state index contributed by atoms with van der Waals surface area (Å²) in [7, 11) is 0. The molecule has 0 saturated carbocycles. The Kier molecular flexibility index (Phi) is 5.68. The van der Waals surface area contributed by atoms with E-state index >= 15 is 0 Å². The van der Waals surface area contributed by atoms with Gasteiger partial charge in [0.25, 0.3) is 5.91 Å². The van der Waals surface area contributed by atoms with Crippen LogP contribution in [0.25, 0.3) is 0 Å². The molecule has 0 bridgehead atoms. The third-order valence-corrected chi connectivity index (χ3v) is 3.49. The van der Waals surface area contributed by atoms with Gasteiger partial charge in [0.1, 0.15) is 5.82 Å². The van der Waals surface area contributed by atoms with Crippen LogP contribution in [0, 0.1) is 5.82 Å². The van der Waals surface area contributed by atoms with Crippen molar-refractivity contribution in [3.05, 3.63) is 34.1 Å². The van der Waals surface area contributed by atoms with Crippen LogP contribution in [0.2, 0.25) is 0 Å². The molecule has 6 heteroatoms. The van der Waals surface area contributed by atoms with Gasteiger partial charge < -0.3 is 10.6 Å². The van der Waals surface area contributed by atoms with Crippen molar-refractivity contribution in [1.29, 1.82) is 0 Å². The number of amides is 1. The maximum absolute atomic E-state index is 13.4. The summed E-state index contributed by atoms with van der Waals surface area (Å²) in [5.74, 6) is -0.689. The predicted octanol–water partition coefficient (Wildman–Crippen LogP) is 2.73. The molecule has 0 unspecified atom stereocenters. The van der Waals surface area contributed by atoms with Crippen LogP contribution in [0.3, 0.4) is 0 Å². The van der Waals surface area contributed by atoms with Crippen molar-refractivity contribution in [3.63, 3.8) is 0 Å². The molecule has 18 heavy (non-hydrogen) atoms. The Morgan fingerprint density at radius 3 is 2.78 bits per heavy atom. The van der Waals surface area contributed by atoms with Gasteiger partial charge in [-0.25, -0.2) is 4.39 Å². The van der Waals surface area contributed by atoms with Crippen molar-refractivity contribution >= 4 is 39.0 Å². The minimum Gasteiger partial charge on any atom is -0.393 e. The molecule has 0 saturated heterocycles. The highest BCUT2D eigenvalue weighted by atomic mass is 79.9. The van der Waals surface area contributed by atoms with Crippen LogP contribution in [0.5, 0.6) is 0 Å². The maximum Gasteiger partial charge on any atom is 0.255 e. The zero-order chi connectivity index (χ0) is 13.7. The Morgan fingerprint density at radius 1 is 1.56 bits per heavy atom. The van der Waals surface area contributed by atoms with Crippen LogP contribution in [-0.4, -0.2) is 28.9 Å². The van der Waals surface area contributed by atoms with E-state index in [1.54, 1.807) is 11.0 Å². The molecule has 1 aromatic rings. The van der Waals surface area contributed by atoms with Crippen molar-refractivity contribution in [2.45, 2.75) is 13.3 Å². The van der Waals surface area contributed by atoms with E-state index in [2.05, 4.69) is 15.9 Å². The van der Waals surface area contributed by atoms with E-state index in [4.69, 9.17) is 18.0 Å². The fourth-order valence-corrected chi connectivity index (χ4v) is 2.01. The largest absolute Gasteiger partial charge is 0.393 e. The summed E-state index contributed by atoms with van der Waals surface area (Å²) < 4.78 is 13.5. The lowest BCUT2D eigenvalue weighted by Gasteiger charge is -2.21. The van der Waals surface area contributed by atoms with Crippen LogP contribution < -0.4 is 5.73 Å². The second kappa shape index (κ2) is 6.80. The lowest BCUT2D eigenvalue weighted by Crippen LogP contribution is -2.33. The first-order valence-electron chi connectivity index (χ1n) is 5.49. The first-order valence-corrected chi connectivity index (χ1v) is 6.69. The molecule has 1 rings (SSSR count). The van der Waals surface area contributed by atoms with Gasteiger partial charge in [-0.1, -0.05) is 18.3 Å². The maximum atomic E-state index is 13.4. The summed E-state index contributed by atoms with van der Waals surface area (Å²) in [5.41, 5.74) is 5.72. The number of carbonyl (C=O) groups is 1. The summed E-state index contributed by atoms with van der Waals surface area (Å²) in [6.45, 7) is 2.81. The first-order chi connectivity index (χ1) is 8.47. The van der Waals surface area contributed by atoms with Gasteiger partial charge in [-0.3, -0.25) is 4.79 Å². The van der Waals surface area contributed by atoms with Crippen LogP contribution >= 0.6 is 28.1 Å². The molecule has 0 spiro atoms. The molecular formula is C12H14BrFN2OS. The fourth-order valence-electron chi connectivity index (χ4n) is 1.49. The van der Waals surface area contributed by atoms with Gasteiger partial charge in [0, 0.05) is 19.5 Å². The number of hydrogen-bond donors (Lipinski definition) is 1. The van der Waals surface area contributed by atoms with E-state index in [0.29, 0.717) is 30.1 Å². The molecule has 0 aliphatic carbocycles. The third kappa shape index (κ3) is 3.74. The van der Waals surface area contributed by atoms with Crippen LogP contribution in [-0.2, 0) is 0 Å². The third-order valence-electron chi connectivity index (χ3n) is 2.48. The molecule has 0 aliphatic heterocycles. The summed E-state index contributed by atoms with van der Waals surface area (Å²) in [4.78, 5) is 14.1. The Morgan fingerprint density at radius 2 is 2.22 bits per heavy atom. The number of hydrogen-bond acceptors (Lipinski definition) is 2. The molecule has 0 heterocycles. The number of benzene rings is 1. The van der Waals surface area contributed by atoms with Gasteiger partial charge in [-0.15, -0.1) is 0 Å². The molecule has 0 aliphatic rings. The van der Waals surface area contributed by atoms with Gasteiger partial charge in [0.2, 0.25) is 0 Å². The van der Waals surface area contributed by atoms with Crippen LogP contribution in [0.4, 0.5) is 4.39 Å². The molecule has 0 atom stereocenters. The van der Waals surface area contributed by atoms with Gasteiger partial charge in [-0.05, 0) is 35.0 Å². The monoisotopic (exact) mass is 332 g/mol. The standard InChI is InChI=1S/C12H14BrFN2OS/c1-2-16(7-6-10(15)18)12(17)8-4-3-5-9(14)11(8)13/h3-5H,2,6-7H2,1H3,(H2,15,18). The predicted molar refractivity (Wildman–Crippen MR) is 77.1 cm³/mol. The number of nitrogens with two attached hydrogens (primary N) is 1. The molecular weight excluding hydrogens is 319 g/mol. The number of halogens is 2. The minimum atomic E-state index is -0.453. The molecule has 1 amide bonds. The first kappa shape index (κ1) is 15.0. The quantitative estimate of drug-likeness (QED) is 0.843. The lowest BCUT2D eigenvalue weighted by molar-refractivity contribution is 0.0767. The smallest absolute Gasteiger partial charge is 0.255 e. The van der Waals surface area contributed by atoms with Crippen molar-refractivity contribution < 1.29 is 9.18 Å². The number of carbonyl (C=O) groups excluding carboxylic acids is 1. The van der Waals surface area contributed by atoms with E-state index in [0.717, 1.165) is 0 Å². The summed E-state index contributed by atoms with van der Waals surface area (Å²) in [6, 6.07) is 4.39. The average Bonchev–Trinajstić information content (AvgIpc) is 2.32. The van der Waals surface area contributed by atoms with E-state index in [1.165, 1.54) is 12.1 Å². The molecule has 0 fully saturated rings. The average molecular weight is 333 g/mol. The Hall–Kier alpha value is -1.01. The zero-order valence-electron chi connectivity index (χ0n) is 9.95. The van der Waals surface area contributed by atoms with Crippen LogP contribution in [0.1, 0.15) is 23.7 Å². The van der Waals surface area contributed by atoms with E-state index in [1.807, 2.05) is 6.92 Å². The normalized spacial score (nSPS) is 10.2. The van der Waals surface area contributed by atoms with Crippen LogP contribution in [0.15, 0.2) is 22.7 Å². The van der Waals surface area contributed by atoms with Crippen molar-refractivity contribution in [1.82, 2.24) is 4.90 Å². The molecule has 0 aromatic heterocycles. The molecule has 0 radical (unpaired) electrons. The second-order valence-electron chi connectivity index (χ2n) is 3.70. The number of rotatable bonds is 5. The van der Waals surface area contributed by atoms with E-state index in [-0.39, 0.29) is 10.4 Å². The highest BCUT2D eigenvalue weighted by molar-refractivity contribution is 9.10. The topological polar surface area (TPSA) is 46.3 Å². The van der Waals surface area contributed by atoms with E-state index < -0.39 is 5.82 Å². The summed E-state index contributed by atoms with van der Waals surface area (Å²) in [6.07, 6.45) is 0.460. The Balaban J connectivity index is 2.89. The zero-order valence-corrected chi connectivity index (χ0v) is 12.4. The lowest BCUT2D eigenvalue weighted by atomic mass is 10.2. The van der Waals surface area contributed by atoms with Gasteiger partial charge in [0.15, 0.2) is 0 Å². The molecule has 3 nitrogen and oxygen atoms in total. The van der Waals surface area contributed by atoms with Crippen molar-refractivity contribution in [2.75, 3.05) is 13.1 Å². The van der Waals surface area contributed by atoms with Gasteiger partial charge in [-0.2, -0.15) is 0 Å². The van der Waals surface area contributed by atoms with Crippen molar-refractivity contribution in [2.24, 2.45) is 5.73 Å². The van der Waals surface area contributed by atoms with Crippen molar-refractivity contribution in [3.8, 4) is 0 Å². The minimum absolute atomic E-state index is 0.184. The molecule has 98 valence electrons. The second-order valence-corrected chi connectivity index (χ2v) is 5.02. The number of thiocarbonyl (C=S) groups is 1. The van der Waals surface area contributed by atoms with E-state index in [9.17, 15) is 9.18 Å². The van der Waals surface area contributed by atoms with Gasteiger partial charge >= 0.3 is 0 Å². The summed E-state index contributed by atoms with van der Waals surface area (Å²) in [5, 5.41) is 0. The number of nitrogens with zero attached hydrogens (tertiary/aromatic N) is 1. The fraction of sp³-hybridized carbons (Fsp3) is 0.333. The Labute approximate surface area is 119 Å². The highest BCUT2D eigenvalue weighted by Gasteiger charge is 2.18. The molecule has 1 aromatic carbocycles. The highest BCUT2D eigenvalue weighted by Crippen LogP contribution is 2.21. The molecule has 2 N–H and O–H groups in total. The van der Waals surface area contributed by atoms with Gasteiger partial charge in [0.05, 0.1) is 15.0 Å². The Bertz CT molecular complexity index is 467.